The number of carbonyl (C=O) groups is 2. The Balaban J connectivity index is 5.63. The number of esters is 1. The first-order chi connectivity index (χ1) is 13.7. The van der Waals surface area contributed by atoms with Gasteiger partial charge in [0.05, 0.1) is 12.2 Å². The fourth-order valence-corrected chi connectivity index (χ4v) is 4.26. The lowest BCUT2D eigenvalue weighted by molar-refractivity contribution is -0.158. The number of nitrogens with zero attached hydrogens (tertiary/aromatic N) is 1. The predicted octanol–water partition coefficient (Wildman–Crippen LogP) is 5.40. The van der Waals surface area contributed by atoms with E-state index in [1.54, 1.807) is 41.5 Å². The molecule has 8 nitrogen and oxygen atoms in total. The molecule has 0 saturated heterocycles. The molecule has 0 aromatic rings. The highest BCUT2D eigenvalue weighted by atomic mass is 31.2. The van der Waals surface area contributed by atoms with E-state index in [1.165, 1.54) is 0 Å². The normalized spacial score (nSPS) is 15.2. The molecule has 2 atom stereocenters. The Morgan fingerprint density at radius 3 is 1.61 bits per heavy atom. The fraction of sp³-hybridized carbons (Fsp3) is 0.909. The van der Waals surface area contributed by atoms with Gasteiger partial charge < -0.3 is 23.8 Å². The van der Waals surface area contributed by atoms with Crippen LogP contribution in [0.4, 0.5) is 4.79 Å². The Labute approximate surface area is 190 Å². The van der Waals surface area contributed by atoms with Crippen molar-refractivity contribution in [2.45, 2.75) is 125 Å². The molecule has 0 aromatic carbocycles. The molecule has 184 valence electrons. The molecule has 0 aliphatic heterocycles. The van der Waals surface area contributed by atoms with Crippen LogP contribution in [-0.2, 0) is 23.3 Å². The van der Waals surface area contributed by atoms with Crippen LogP contribution in [-0.4, -0.2) is 58.3 Å². The summed E-state index contributed by atoms with van der Waals surface area (Å²) in [5, 5.41) is 2.59. The number of alkyl carbamates (subject to hydrolysis) is 1. The SMILES string of the molecule is CC(C)N(C(C)C)P(OC[C@H](NC(=O)OC(C)(C)C)C(=O)OC(C)(C)C)OC(C)(C)C. The van der Waals surface area contributed by atoms with Crippen molar-refractivity contribution in [3.63, 3.8) is 0 Å². The van der Waals surface area contributed by atoms with Crippen LogP contribution in [0.3, 0.4) is 0 Å². The molecule has 0 radical (unpaired) electrons. The summed E-state index contributed by atoms with van der Waals surface area (Å²) < 4.78 is 25.3. The van der Waals surface area contributed by atoms with E-state index < -0.39 is 43.4 Å². The third kappa shape index (κ3) is 13.9. The number of ether oxygens (including phenoxy) is 2. The summed E-state index contributed by atoms with van der Waals surface area (Å²) in [6, 6.07) is -0.719. The summed E-state index contributed by atoms with van der Waals surface area (Å²) in [7, 11) is -1.50. The van der Waals surface area contributed by atoms with Gasteiger partial charge in [0.15, 0.2) is 6.04 Å². The van der Waals surface area contributed by atoms with E-state index in [9.17, 15) is 9.59 Å². The fourth-order valence-electron chi connectivity index (χ4n) is 2.48. The highest BCUT2D eigenvalue weighted by molar-refractivity contribution is 7.44. The molecule has 0 rings (SSSR count). The van der Waals surface area contributed by atoms with Crippen molar-refractivity contribution in [2.75, 3.05) is 6.61 Å². The summed E-state index contributed by atoms with van der Waals surface area (Å²) in [6.45, 7) is 24.6. The largest absolute Gasteiger partial charge is 0.458 e. The molecule has 0 fully saturated rings. The van der Waals surface area contributed by atoms with Crippen LogP contribution in [0.5, 0.6) is 0 Å². The van der Waals surface area contributed by atoms with E-state index in [1.807, 2.05) is 20.8 Å². The molecule has 9 heteroatoms. The third-order valence-electron chi connectivity index (χ3n) is 3.33. The first-order valence-corrected chi connectivity index (χ1v) is 12.0. The van der Waals surface area contributed by atoms with Crippen molar-refractivity contribution in [3.05, 3.63) is 0 Å². The molecule has 1 amide bonds. The Kier molecular flexibility index (Phi) is 11.4. The molecule has 0 aliphatic carbocycles. The standard InChI is InChI=1S/C22H45N2O6P/c1-15(2)24(16(3)4)31(30-22(11,12)13)27-14-17(18(25)28-20(5,6)7)23-19(26)29-21(8,9)10/h15-17H,14H2,1-13H3,(H,23,26)/t17-,31?/m0/s1. The third-order valence-corrected chi connectivity index (χ3v) is 5.71. The number of nitrogens with one attached hydrogen (secondary N) is 1. The molecule has 0 aromatic heterocycles. The van der Waals surface area contributed by atoms with Gasteiger partial charge in [0.25, 0.3) is 8.53 Å². The maximum absolute atomic E-state index is 12.8. The van der Waals surface area contributed by atoms with Gasteiger partial charge >= 0.3 is 12.1 Å². The molecular weight excluding hydrogens is 419 g/mol. The predicted molar refractivity (Wildman–Crippen MR) is 125 cm³/mol. The molecule has 0 saturated carbocycles. The zero-order valence-electron chi connectivity index (χ0n) is 21.8. The molecule has 0 aliphatic rings. The van der Waals surface area contributed by atoms with Crippen molar-refractivity contribution in [1.82, 2.24) is 9.99 Å². The summed E-state index contributed by atoms with van der Waals surface area (Å²) in [5.74, 6) is -0.593. The monoisotopic (exact) mass is 464 g/mol. The maximum Gasteiger partial charge on any atom is 0.408 e. The van der Waals surface area contributed by atoms with E-state index in [4.69, 9.17) is 18.5 Å². The van der Waals surface area contributed by atoms with Crippen LogP contribution < -0.4 is 5.32 Å². The van der Waals surface area contributed by atoms with Gasteiger partial charge in [0, 0.05) is 12.1 Å². The maximum atomic E-state index is 12.8. The van der Waals surface area contributed by atoms with Crippen LogP contribution >= 0.6 is 8.53 Å². The van der Waals surface area contributed by atoms with E-state index >= 15 is 0 Å². The minimum absolute atomic E-state index is 0.105. The first-order valence-electron chi connectivity index (χ1n) is 10.8. The Hall–Kier alpha value is -0.950. The minimum atomic E-state index is -1.50. The molecule has 0 spiro atoms. The molecule has 1 unspecified atom stereocenters. The quantitative estimate of drug-likeness (QED) is 0.361. The van der Waals surface area contributed by atoms with Crippen LogP contribution in [0.2, 0.25) is 0 Å². The van der Waals surface area contributed by atoms with Crippen molar-refractivity contribution < 1.29 is 28.1 Å². The van der Waals surface area contributed by atoms with Crippen LogP contribution in [0, 0.1) is 0 Å². The summed E-state index contributed by atoms with van der Waals surface area (Å²) in [5.41, 5.74) is -1.86. The van der Waals surface area contributed by atoms with Crippen molar-refractivity contribution in [2.24, 2.45) is 0 Å². The Morgan fingerprint density at radius 2 is 1.26 bits per heavy atom. The molecule has 0 bridgehead atoms. The molecular formula is C22H45N2O6P. The van der Waals surface area contributed by atoms with E-state index in [-0.39, 0.29) is 18.7 Å². The lowest BCUT2D eigenvalue weighted by Crippen LogP contribution is -2.48. The van der Waals surface area contributed by atoms with Crippen LogP contribution in [0.25, 0.3) is 0 Å². The summed E-state index contributed by atoms with van der Waals surface area (Å²) >= 11 is 0. The van der Waals surface area contributed by atoms with E-state index in [2.05, 4.69) is 37.7 Å². The minimum Gasteiger partial charge on any atom is -0.458 e. The highest BCUT2D eigenvalue weighted by Crippen LogP contribution is 2.49. The average molecular weight is 465 g/mol. The van der Waals surface area contributed by atoms with Gasteiger partial charge in [-0.15, -0.1) is 0 Å². The number of hydrogen-bond donors (Lipinski definition) is 1. The second kappa shape index (κ2) is 11.8. The summed E-state index contributed by atoms with van der Waals surface area (Å²) in [4.78, 5) is 25.1. The zero-order chi connectivity index (χ0) is 24.8. The number of carbonyl (C=O) groups excluding carboxylic acids is 2. The molecule has 31 heavy (non-hydrogen) atoms. The summed E-state index contributed by atoms with van der Waals surface area (Å²) in [6.07, 6.45) is -0.711. The highest BCUT2D eigenvalue weighted by Gasteiger charge is 2.35. The molecule has 1 N–H and O–H groups in total. The van der Waals surface area contributed by atoms with Gasteiger partial charge in [0.1, 0.15) is 11.2 Å². The second-order valence-corrected chi connectivity index (χ2v) is 12.4. The van der Waals surface area contributed by atoms with E-state index in [0.717, 1.165) is 0 Å². The number of amides is 1. The smallest absolute Gasteiger partial charge is 0.408 e. The van der Waals surface area contributed by atoms with Gasteiger partial charge in [-0.1, -0.05) is 0 Å². The lowest BCUT2D eigenvalue weighted by atomic mass is 10.2. The Bertz CT molecular complexity index is 568. The Morgan fingerprint density at radius 1 is 0.806 bits per heavy atom. The van der Waals surface area contributed by atoms with Gasteiger partial charge in [-0.05, 0) is 90.0 Å². The number of rotatable bonds is 9. The van der Waals surface area contributed by atoms with Crippen molar-refractivity contribution in [3.8, 4) is 0 Å². The second-order valence-electron chi connectivity index (χ2n) is 11.0. The van der Waals surface area contributed by atoms with Gasteiger partial charge in [-0.25, -0.2) is 14.3 Å². The van der Waals surface area contributed by atoms with Crippen LogP contribution in [0.15, 0.2) is 0 Å². The topological polar surface area (TPSA) is 86.3 Å². The lowest BCUT2D eigenvalue weighted by Gasteiger charge is -2.39. The molecule has 0 heterocycles. The first kappa shape index (κ1) is 30.0. The van der Waals surface area contributed by atoms with Gasteiger partial charge in [-0.3, -0.25) is 0 Å². The van der Waals surface area contributed by atoms with Crippen LogP contribution in [0.1, 0.15) is 90.0 Å². The number of hydrogen-bond acceptors (Lipinski definition) is 7. The zero-order valence-corrected chi connectivity index (χ0v) is 22.7. The van der Waals surface area contributed by atoms with E-state index in [0.29, 0.717) is 0 Å². The van der Waals surface area contributed by atoms with Crippen molar-refractivity contribution >= 4 is 20.6 Å². The van der Waals surface area contributed by atoms with Crippen molar-refractivity contribution in [1.29, 1.82) is 0 Å². The van der Waals surface area contributed by atoms with Gasteiger partial charge in [0.2, 0.25) is 0 Å². The average Bonchev–Trinajstić information content (AvgIpc) is 2.44. The van der Waals surface area contributed by atoms with Gasteiger partial charge in [-0.2, -0.15) is 0 Å².